The molecule has 0 aromatic heterocycles. The number of hydrogen-bond acceptors (Lipinski definition) is 10. The van der Waals surface area contributed by atoms with E-state index in [1.807, 2.05) is 0 Å². The van der Waals surface area contributed by atoms with Crippen molar-refractivity contribution < 1.29 is 43.3 Å². The van der Waals surface area contributed by atoms with Crippen LogP contribution in [0.3, 0.4) is 0 Å². The minimum Gasteiger partial charge on any atom is -0.462 e. The van der Waals surface area contributed by atoms with Crippen LogP contribution >= 0.6 is 0 Å². The van der Waals surface area contributed by atoms with Crippen LogP contribution in [0.2, 0.25) is 0 Å². The fourth-order valence-electron chi connectivity index (χ4n) is 3.86. The van der Waals surface area contributed by atoms with E-state index in [1.54, 1.807) is 13.8 Å². The van der Waals surface area contributed by atoms with Gasteiger partial charge in [-0.25, -0.2) is 0 Å². The van der Waals surface area contributed by atoms with Crippen molar-refractivity contribution in [2.45, 2.75) is 117 Å². The van der Waals surface area contributed by atoms with Gasteiger partial charge < -0.3 is 24.7 Å². The SMILES string of the molecule is C=C=CC=O.CC(=O)CC1(O)CCCCC1.CC(=O)CNC1CCCCC1.CC(=O)OCCOC(C)=O.[CH2]C(C)=O. The molecule has 1 radical (unpaired) electrons. The zero-order valence-electron chi connectivity index (χ0n) is 25.8. The van der Waals surface area contributed by atoms with Gasteiger partial charge in [0, 0.05) is 39.3 Å². The highest BCUT2D eigenvalue weighted by Crippen LogP contribution is 2.30. The molecule has 2 aliphatic carbocycles. The van der Waals surface area contributed by atoms with Crippen molar-refractivity contribution in [3.63, 3.8) is 0 Å². The first kappa shape index (κ1) is 42.5. The van der Waals surface area contributed by atoms with Gasteiger partial charge in [-0.05, 0) is 46.5 Å². The van der Waals surface area contributed by atoms with E-state index >= 15 is 0 Å². The van der Waals surface area contributed by atoms with Gasteiger partial charge in [0.05, 0.1) is 12.1 Å². The molecule has 0 bridgehead atoms. The van der Waals surface area contributed by atoms with Crippen molar-refractivity contribution >= 4 is 35.6 Å². The van der Waals surface area contributed by atoms with Gasteiger partial charge in [-0.15, -0.1) is 5.73 Å². The predicted octanol–water partition coefficient (Wildman–Crippen LogP) is 4.21. The van der Waals surface area contributed by atoms with Crippen molar-refractivity contribution in [1.82, 2.24) is 5.32 Å². The summed E-state index contributed by atoms with van der Waals surface area (Å²) in [7, 11) is 0. The molecule has 2 fully saturated rings. The molecule has 2 saturated carbocycles. The third-order valence-corrected chi connectivity index (χ3v) is 5.49. The topological polar surface area (TPSA) is 153 Å². The Bertz CT molecular complexity index is 784. The minimum atomic E-state index is -0.649. The highest BCUT2D eigenvalue weighted by atomic mass is 16.6. The molecule has 0 amide bonds. The van der Waals surface area contributed by atoms with Crippen molar-refractivity contribution in [1.29, 1.82) is 0 Å². The fourth-order valence-corrected chi connectivity index (χ4v) is 3.86. The van der Waals surface area contributed by atoms with E-state index in [2.05, 4.69) is 34.0 Å². The summed E-state index contributed by atoms with van der Waals surface area (Å²) in [5.74, 6) is -0.468. The third-order valence-electron chi connectivity index (χ3n) is 5.49. The van der Waals surface area contributed by atoms with E-state index in [1.165, 1.54) is 65.4 Å². The van der Waals surface area contributed by atoms with Crippen LogP contribution in [0.1, 0.15) is 105 Å². The summed E-state index contributed by atoms with van der Waals surface area (Å²) in [5, 5.41) is 13.1. The monoisotopic (exact) mass is 582 g/mol. The molecule has 0 saturated heterocycles. The minimum absolute atomic E-state index is 0.0833. The maximum Gasteiger partial charge on any atom is 0.302 e. The zero-order valence-corrected chi connectivity index (χ0v) is 25.8. The molecular formula is C31H52NO9. The molecule has 235 valence electrons. The van der Waals surface area contributed by atoms with Crippen molar-refractivity contribution in [2.24, 2.45) is 0 Å². The van der Waals surface area contributed by atoms with Crippen LogP contribution in [0.15, 0.2) is 18.4 Å². The predicted molar refractivity (Wildman–Crippen MR) is 158 cm³/mol. The van der Waals surface area contributed by atoms with Gasteiger partial charge in [0.2, 0.25) is 0 Å². The molecule has 0 atom stereocenters. The summed E-state index contributed by atoms with van der Waals surface area (Å²) in [6.45, 7) is 14.2. The fraction of sp³-hybridized carbons (Fsp3) is 0.677. The molecule has 10 heteroatoms. The molecule has 41 heavy (non-hydrogen) atoms. The summed E-state index contributed by atoms with van der Waals surface area (Å²) in [6.07, 6.45) is 13.7. The van der Waals surface area contributed by atoms with Crippen LogP contribution in [-0.4, -0.2) is 72.1 Å². The van der Waals surface area contributed by atoms with E-state index in [9.17, 15) is 33.9 Å². The normalized spacial score (nSPS) is 14.9. The van der Waals surface area contributed by atoms with Gasteiger partial charge in [0.25, 0.3) is 0 Å². The van der Waals surface area contributed by atoms with Crippen LogP contribution in [-0.2, 0) is 38.2 Å². The van der Waals surface area contributed by atoms with Crippen LogP contribution in [0.25, 0.3) is 0 Å². The number of Topliss-reactive ketones (excluding diaryl/α,β-unsaturated/α-hetero) is 3. The maximum absolute atomic E-state index is 10.8. The second-order valence-corrected chi connectivity index (χ2v) is 9.97. The van der Waals surface area contributed by atoms with Gasteiger partial charge in [0.1, 0.15) is 36.8 Å². The summed E-state index contributed by atoms with van der Waals surface area (Å²) in [5.41, 5.74) is 1.63. The zero-order chi connectivity index (χ0) is 32.1. The molecule has 0 aliphatic heterocycles. The second kappa shape index (κ2) is 28.6. The molecule has 0 aromatic carbocycles. The van der Waals surface area contributed by atoms with Crippen molar-refractivity contribution in [2.75, 3.05) is 19.8 Å². The first-order valence-corrected chi connectivity index (χ1v) is 14.0. The van der Waals surface area contributed by atoms with E-state index in [-0.39, 0.29) is 42.5 Å². The van der Waals surface area contributed by atoms with Gasteiger partial charge in [-0.1, -0.05) is 45.1 Å². The van der Waals surface area contributed by atoms with Gasteiger partial charge >= 0.3 is 11.9 Å². The second-order valence-electron chi connectivity index (χ2n) is 9.97. The Morgan fingerprint density at radius 2 is 1.29 bits per heavy atom. The quantitative estimate of drug-likeness (QED) is 0.133. The number of aliphatic hydroxyl groups is 1. The molecule has 0 spiro atoms. The smallest absolute Gasteiger partial charge is 0.302 e. The highest BCUT2D eigenvalue weighted by molar-refractivity contribution is 5.79. The Morgan fingerprint density at radius 3 is 1.61 bits per heavy atom. The lowest BCUT2D eigenvalue weighted by molar-refractivity contribution is -0.149. The van der Waals surface area contributed by atoms with Crippen LogP contribution in [0.4, 0.5) is 0 Å². The molecule has 0 aromatic rings. The third kappa shape index (κ3) is 39.3. The number of carbonyl (C=O) groups excluding carboxylic acids is 6. The molecule has 2 rings (SSSR count). The summed E-state index contributed by atoms with van der Waals surface area (Å²) >= 11 is 0. The lowest BCUT2D eigenvalue weighted by Gasteiger charge is -2.30. The maximum atomic E-state index is 10.8. The number of esters is 2. The van der Waals surface area contributed by atoms with Crippen LogP contribution in [0.5, 0.6) is 0 Å². The largest absolute Gasteiger partial charge is 0.462 e. The highest BCUT2D eigenvalue weighted by Gasteiger charge is 2.30. The van der Waals surface area contributed by atoms with Gasteiger partial charge in [-0.3, -0.25) is 24.0 Å². The molecule has 0 heterocycles. The Morgan fingerprint density at radius 1 is 0.854 bits per heavy atom. The number of allylic oxidation sites excluding steroid dienone is 1. The Labute approximate surface area is 246 Å². The first-order valence-electron chi connectivity index (χ1n) is 14.0. The van der Waals surface area contributed by atoms with Gasteiger partial charge in [-0.2, -0.15) is 0 Å². The Hall–Kier alpha value is -2.94. The van der Waals surface area contributed by atoms with Crippen molar-refractivity contribution in [3.8, 4) is 0 Å². The number of ketones is 3. The summed E-state index contributed by atoms with van der Waals surface area (Å²) in [4.78, 5) is 60.2. The van der Waals surface area contributed by atoms with Gasteiger partial charge in [0.15, 0.2) is 0 Å². The van der Waals surface area contributed by atoms with Crippen LogP contribution < -0.4 is 5.32 Å². The van der Waals surface area contributed by atoms with Crippen LogP contribution in [0, 0.1) is 6.92 Å². The number of aldehydes is 1. The number of ether oxygens (including phenoxy) is 2. The average Bonchev–Trinajstić information content (AvgIpc) is 2.87. The lowest BCUT2D eigenvalue weighted by atomic mass is 9.82. The molecule has 0 unspecified atom stereocenters. The average molecular weight is 583 g/mol. The number of nitrogens with one attached hydrogen (secondary N) is 1. The van der Waals surface area contributed by atoms with E-state index < -0.39 is 5.60 Å². The molecular weight excluding hydrogens is 530 g/mol. The molecule has 10 nitrogen and oxygen atoms in total. The molecule has 2 aliphatic rings. The molecule has 2 N–H and O–H groups in total. The van der Waals surface area contributed by atoms with E-state index in [0.717, 1.165) is 25.7 Å². The number of rotatable bonds is 9. The Balaban J connectivity index is -0.000000462. The number of hydrogen-bond donors (Lipinski definition) is 2. The lowest BCUT2D eigenvalue weighted by Crippen LogP contribution is -2.34. The first-order chi connectivity index (χ1) is 19.2. The summed E-state index contributed by atoms with van der Waals surface area (Å²) < 4.78 is 8.95. The summed E-state index contributed by atoms with van der Waals surface area (Å²) in [6, 6.07) is 0.618. The van der Waals surface area contributed by atoms with E-state index in [0.29, 0.717) is 25.3 Å². The standard InChI is InChI=1S/C9H17NO.C9H16O2.C6H10O4.C4H4O.C3H5O/c1-8(11)7-10-9-5-3-2-4-6-9;1-8(10)7-9(11)5-3-2-4-6-9;1-5(7)9-3-4-10-6(2)8;1-2-3-4-5;1-3(2)4/h9-10H,2-7H2,1H3;11H,2-7H2,1H3;3-4H2,1-2H3;3-4H,1H2;1H2,2H3. The number of carbonyl (C=O) groups is 6. The Kier molecular flexibility index (Phi) is 29.6. The van der Waals surface area contributed by atoms with Crippen molar-refractivity contribution in [3.05, 3.63) is 25.3 Å². The van der Waals surface area contributed by atoms with E-state index in [4.69, 9.17) is 0 Å².